The minimum absolute atomic E-state index is 0.00574. The molecule has 0 aromatic heterocycles. The van der Waals surface area contributed by atoms with E-state index in [1.165, 1.54) is 17.5 Å². The maximum atomic E-state index is 13.3. The zero-order chi connectivity index (χ0) is 20.0. The van der Waals surface area contributed by atoms with E-state index in [0.717, 1.165) is 5.56 Å². The van der Waals surface area contributed by atoms with Gasteiger partial charge in [0, 0.05) is 6.54 Å². The van der Waals surface area contributed by atoms with Crippen LogP contribution in [0.5, 0.6) is 0 Å². The summed E-state index contributed by atoms with van der Waals surface area (Å²) >= 11 is 0. The molecular formula is C21H23NO4S. The van der Waals surface area contributed by atoms with Crippen molar-refractivity contribution in [2.24, 2.45) is 0 Å². The first kappa shape index (κ1) is 20.6. The van der Waals surface area contributed by atoms with Gasteiger partial charge in [0.1, 0.15) is 0 Å². The van der Waals surface area contributed by atoms with E-state index in [2.05, 4.69) is 13.2 Å². The minimum Gasteiger partial charge on any atom is -0.466 e. The van der Waals surface area contributed by atoms with Gasteiger partial charge in [-0.2, -0.15) is 4.31 Å². The number of nitrogens with zero attached hydrogens (tertiary/aromatic N) is 1. The molecule has 2 aromatic carbocycles. The summed E-state index contributed by atoms with van der Waals surface area (Å²) < 4.78 is 32.7. The zero-order valence-electron chi connectivity index (χ0n) is 15.5. The predicted octanol–water partition coefficient (Wildman–Crippen LogP) is 3.64. The lowest BCUT2D eigenvalue weighted by Crippen LogP contribution is -2.37. The zero-order valence-corrected chi connectivity index (χ0v) is 16.3. The quantitative estimate of drug-likeness (QED) is 0.395. The molecule has 0 spiro atoms. The first-order chi connectivity index (χ1) is 12.8. The van der Waals surface area contributed by atoms with E-state index in [0.29, 0.717) is 5.56 Å². The fourth-order valence-corrected chi connectivity index (χ4v) is 4.31. The Kier molecular flexibility index (Phi) is 6.71. The number of aryl methyl sites for hydroxylation is 1. The van der Waals surface area contributed by atoms with Gasteiger partial charge in [-0.25, -0.2) is 13.2 Å². The molecular weight excluding hydrogens is 362 g/mol. The van der Waals surface area contributed by atoms with Crippen molar-refractivity contribution in [3.63, 3.8) is 0 Å². The Morgan fingerprint density at radius 1 is 1.15 bits per heavy atom. The number of hydrogen-bond acceptors (Lipinski definition) is 4. The van der Waals surface area contributed by atoms with Crippen molar-refractivity contribution >= 4 is 16.0 Å². The maximum Gasteiger partial charge on any atom is 0.335 e. The molecule has 0 fully saturated rings. The molecule has 1 atom stereocenters. The Morgan fingerprint density at radius 3 is 2.26 bits per heavy atom. The van der Waals surface area contributed by atoms with Gasteiger partial charge in [-0.3, -0.25) is 0 Å². The van der Waals surface area contributed by atoms with E-state index in [-0.39, 0.29) is 17.0 Å². The second-order valence-electron chi connectivity index (χ2n) is 6.01. The van der Waals surface area contributed by atoms with Crippen LogP contribution in [0, 0.1) is 6.92 Å². The molecule has 0 aliphatic carbocycles. The predicted molar refractivity (Wildman–Crippen MR) is 106 cm³/mol. The van der Waals surface area contributed by atoms with Crippen LogP contribution in [0.1, 0.15) is 17.2 Å². The summed E-state index contributed by atoms with van der Waals surface area (Å²) in [6.45, 7) is 9.37. The Hall–Kier alpha value is -2.70. The topological polar surface area (TPSA) is 63.7 Å². The molecule has 0 radical (unpaired) electrons. The van der Waals surface area contributed by atoms with Gasteiger partial charge in [0.25, 0.3) is 0 Å². The Labute approximate surface area is 160 Å². The number of ether oxygens (including phenoxy) is 1. The van der Waals surface area contributed by atoms with Gasteiger partial charge >= 0.3 is 5.97 Å². The van der Waals surface area contributed by atoms with Gasteiger partial charge < -0.3 is 4.74 Å². The molecule has 0 N–H and O–H groups in total. The number of methoxy groups -OCH3 is 1. The van der Waals surface area contributed by atoms with Gasteiger partial charge in [0.05, 0.1) is 23.6 Å². The van der Waals surface area contributed by atoms with Gasteiger partial charge in [0.15, 0.2) is 0 Å². The number of sulfonamides is 1. The summed E-state index contributed by atoms with van der Waals surface area (Å²) in [5.74, 6) is -0.669. The minimum atomic E-state index is -3.92. The highest BCUT2D eigenvalue weighted by Gasteiger charge is 2.35. The normalized spacial score (nSPS) is 12.4. The Balaban J connectivity index is 2.63. The van der Waals surface area contributed by atoms with Crippen molar-refractivity contribution in [1.82, 2.24) is 4.31 Å². The highest BCUT2D eigenvalue weighted by atomic mass is 32.2. The van der Waals surface area contributed by atoms with Crippen LogP contribution in [-0.4, -0.2) is 32.3 Å². The average molecular weight is 385 g/mol. The van der Waals surface area contributed by atoms with E-state index in [1.54, 1.807) is 48.5 Å². The van der Waals surface area contributed by atoms with Gasteiger partial charge in [0.2, 0.25) is 10.0 Å². The molecule has 0 amide bonds. The van der Waals surface area contributed by atoms with Gasteiger partial charge in [-0.1, -0.05) is 60.7 Å². The largest absolute Gasteiger partial charge is 0.466 e. The number of carbonyl (C=O) groups excluding carboxylic acids is 1. The molecule has 0 aliphatic rings. The molecule has 0 aliphatic heterocycles. The number of rotatable bonds is 8. The van der Waals surface area contributed by atoms with Crippen molar-refractivity contribution in [2.75, 3.05) is 13.7 Å². The summed E-state index contributed by atoms with van der Waals surface area (Å²) in [4.78, 5) is 12.3. The number of carbonyl (C=O) groups is 1. The standard InChI is InChI=1S/C21H23NO4S/c1-5-15-22(27(24,25)19-13-11-16(2)12-14-19)20(17(3)21(23)26-4)18-9-7-6-8-10-18/h5-14,20H,1,3,15H2,2,4H3/t20-/m1/s1. The number of benzene rings is 2. The molecule has 5 nitrogen and oxygen atoms in total. The van der Waals surface area contributed by atoms with Crippen molar-refractivity contribution in [3.05, 3.63) is 90.5 Å². The van der Waals surface area contributed by atoms with Crippen LogP contribution in [0.2, 0.25) is 0 Å². The Bertz CT molecular complexity index is 918. The molecule has 142 valence electrons. The molecule has 0 saturated heterocycles. The molecule has 0 unspecified atom stereocenters. The van der Waals surface area contributed by atoms with Crippen molar-refractivity contribution in [1.29, 1.82) is 0 Å². The lowest BCUT2D eigenvalue weighted by atomic mass is 10.00. The molecule has 6 heteroatoms. The van der Waals surface area contributed by atoms with Crippen LogP contribution >= 0.6 is 0 Å². The van der Waals surface area contributed by atoms with Crippen LogP contribution in [0.15, 0.2) is 84.3 Å². The number of hydrogen-bond donors (Lipinski definition) is 0. The summed E-state index contributed by atoms with van der Waals surface area (Å²) in [6.07, 6.45) is 1.48. The fraction of sp³-hybridized carbons (Fsp3) is 0.190. The van der Waals surface area contributed by atoms with E-state index >= 15 is 0 Å². The lowest BCUT2D eigenvalue weighted by molar-refractivity contribution is -0.136. The highest BCUT2D eigenvalue weighted by Crippen LogP contribution is 2.33. The number of esters is 1. The third kappa shape index (κ3) is 4.53. The van der Waals surface area contributed by atoms with E-state index in [4.69, 9.17) is 4.74 Å². The summed E-state index contributed by atoms with van der Waals surface area (Å²) in [7, 11) is -2.68. The summed E-state index contributed by atoms with van der Waals surface area (Å²) in [5.41, 5.74) is 1.59. The van der Waals surface area contributed by atoms with Gasteiger partial charge in [-0.15, -0.1) is 6.58 Å². The average Bonchev–Trinajstić information content (AvgIpc) is 2.68. The highest BCUT2D eigenvalue weighted by molar-refractivity contribution is 7.89. The van der Waals surface area contributed by atoms with Crippen molar-refractivity contribution in [2.45, 2.75) is 17.9 Å². The van der Waals surface area contributed by atoms with Crippen LogP contribution in [0.3, 0.4) is 0 Å². The molecule has 2 aromatic rings. The van der Waals surface area contributed by atoms with Crippen LogP contribution in [-0.2, 0) is 19.6 Å². The SMILES string of the molecule is C=CCN([C@H](C(=C)C(=O)OC)c1ccccc1)S(=O)(=O)c1ccc(C)cc1. The third-order valence-corrected chi connectivity index (χ3v) is 5.96. The molecule has 2 rings (SSSR count). The first-order valence-corrected chi connectivity index (χ1v) is 9.78. The monoisotopic (exact) mass is 385 g/mol. The van der Waals surface area contributed by atoms with Gasteiger partial charge in [-0.05, 0) is 24.6 Å². The second kappa shape index (κ2) is 8.79. The summed E-state index contributed by atoms with van der Waals surface area (Å²) in [5, 5.41) is 0. The van der Waals surface area contributed by atoms with Crippen LogP contribution < -0.4 is 0 Å². The molecule has 0 heterocycles. The van der Waals surface area contributed by atoms with E-state index in [9.17, 15) is 13.2 Å². The smallest absolute Gasteiger partial charge is 0.335 e. The maximum absolute atomic E-state index is 13.3. The Morgan fingerprint density at radius 2 is 1.74 bits per heavy atom. The third-order valence-electron chi connectivity index (χ3n) is 4.12. The molecule has 0 bridgehead atoms. The van der Waals surface area contributed by atoms with Crippen molar-refractivity contribution in [3.8, 4) is 0 Å². The van der Waals surface area contributed by atoms with Crippen LogP contribution in [0.25, 0.3) is 0 Å². The van der Waals surface area contributed by atoms with E-state index < -0.39 is 22.0 Å². The second-order valence-corrected chi connectivity index (χ2v) is 7.90. The molecule has 0 saturated carbocycles. The molecule has 27 heavy (non-hydrogen) atoms. The summed E-state index contributed by atoms with van der Waals surface area (Å²) in [6, 6.07) is 14.5. The van der Waals surface area contributed by atoms with Crippen LogP contribution in [0.4, 0.5) is 0 Å². The van der Waals surface area contributed by atoms with Crippen molar-refractivity contribution < 1.29 is 17.9 Å². The first-order valence-electron chi connectivity index (χ1n) is 8.34. The lowest BCUT2D eigenvalue weighted by Gasteiger charge is -2.31. The van der Waals surface area contributed by atoms with E-state index in [1.807, 2.05) is 13.0 Å². The fourth-order valence-electron chi connectivity index (χ4n) is 2.73.